The van der Waals surface area contributed by atoms with E-state index in [0.717, 1.165) is 32.8 Å². The topological polar surface area (TPSA) is 75.9 Å². The molecule has 1 N–H and O–H groups in total. The van der Waals surface area contributed by atoms with Crippen molar-refractivity contribution in [3.63, 3.8) is 0 Å². The van der Waals surface area contributed by atoms with E-state index >= 15 is 0 Å². The van der Waals surface area contributed by atoms with E-state index < -0.39 is 0 Å². The van der Waals surface area contributed by atoms with Crippen molar-refractivity contribution in [1.29, 1.82) is 0 Å². The summed E-state index contributed by atoms with van der Waals surface area (Å²) in [7, 11) is 0. The van der Waals surface area contributed by atoms with Crippen LogP contribution in [0.2, 0.25) is 5.02 Å². The van der Waals surface area contributed by atoms with E-state index in [1.165, 1.54) is 4.40 Å². The zero-order valence-corrected chi connectivity index (χ0v) is 15.4. The molecule has 0 atom stereocenters. The second kappa shape index (κ2) is 7.64. The average Bonchev–Trinajstić information content (AvgIpc) is 2.69. The Hall–Kier alpha value is -2.48. The van der Waals surface area contributed by atoms with E-state index in [1.807, 2.05) is 0 Å². The number of morpholine rings is 1. The first-order chi connectivity index (χ1) is 13.1. The van der Waals surface area contributed by atoms with Crippen LogP contribution < -0.4 is 10.9 Å². The van der Waals surface area contributed by atoms with Crippen LogP contribution in [0.15, 0.2) is 41.3 Å². The number of pyridine rings is 1. The van der Waals surface area contributed by atoms with Gasteiger partial charge in [0.05, 0.1) is 29.7 Å². The van der Waals surface area contributed by atoms with Crippen LogP contribution in [0.4, 0.5) is 0 Å². The minimum absolute atomic E-state index is 0.249. The number of ether oxygens (including phenoxy) is 1. The number of hydrogen-bond acceptors (Lipinski definition) is 5. The molecule has 0 radical (unpaired) electrons. The Morgan fingerprint density at radius 2 is 2.07 bits per heavy atom. The van der Waals surface area contributed by atoms with Gasteiger partial charge >= 0.3 is 0 Å². The van der Waals surface area contributed by atoms with E-state index in [2.05, 4.69) is 15.2 Å². The summed E-state index contributed by atoms with van der Waals surface area (Å²) in [6.45, 7) is 4.47. The summed E-state index contributed by atoms with van der Waals surface area (Å²) in [5.74, 6) is -0.249. The van der Waals surface area contributed by atoms with Crippen LogP contribution in [-0.4, -0.2) is 59.6 Å². The lowest BCUT2D eigenvalue weighted by Gasteiger charge is -2.26. The third-order valence-corrected chi connectivity index (χ3v) is 4.90. The van der Waals surface area contributed by atoms with Gasteiger partial charge in [-0.3, -0.25) is 18.9 Å². The molecule has 3 heterocycles. The molecule has 1 aromatic carbocycles. The molecular formula is C19H19ClN4O3. The average molecular weight is 387 g/mol. The summed E-state index contributed by atoms with van der Waals surface area (Å²) in [6.07, 6.45) is 1.61. The number of carbonyl (C=O) groups is 1. The number of rotatable bonds is 4. The maximum atomic E-state index is 12.7. The fraction of sp³-hybridized carbons (Fsp3) is 0.316. The van der Waals surface area contributed by atoms with Crippen molar-refractivity contribution < 1.29 is 9.53 Å². The van der Waals surface area contributed by atoms with Crippen molar-refractivity contribution in [1.82, 2.24) is 19.6 Å². The van der Waals surface area contributed by atoms with Crippen molar-refractivity contribution in [3.05, 3.63) is 57.5 Å². The molecule has 1 aliphatic heterocycles. The van der Waals surface area contributed by atoms with Gasteiger partial charge in [0.2, 0.25) is 0 Å². The second-order valence-electron chi connectivity index (χ2n) is 6.40. The molecule has 3 aromatic rings. The van der Waals surface area contributed by atoms with Gasteiger partial charge in [-0.15, -0.1) is 0 Å². The van der Waals surface area contributed by atoms with Gasteiger partial charge in [0, 0.05) is 37.4 Å². The maximum absolute atomic E-state index is 12.7. The first-order valence-corrected chi connectivity index (χ1v) is 9.20. The van der Waals surface area contributed by atoms with Gasteiger partial charge in [-0.05, 0) is 30.3 Å². The number of carbonyl (C=O) groups excluding carboxylic acids is 1. The quantitative estimate of drug-likeness (QED) is 0.689. The van der Waals surface area contributed by atoms with Crippen LogP contribution >= 0.6 is 11.6 Å². The lowest BCUT2D eigenvalue weighted by molar-refractivity contribution is 0.0383. The second-order valence-corrected chi connectivity index (χ2v) is 6.84. The van der Waals surface area contributed by atoms with Gasteiger partial charge in [0.25, 0.3) is 11.5 Å². The number of halogens is 1. The van der Waals surface area contributed by atoms with Crippen LogP contribution in [0.5, 0.6) is 0 Å². The molecule has 1 fully saturated rings. The molecule has 0 aliphatic carbocycles. The summed E-state index contributed by atoms with van der Waals surface area (Å²) >= 11 is 5.99. The van der Waals surface area contributed by atoms with Gasteiger partial charge in [-0.25, -0.2) is 4.98 Å². The van der Waals surface area contributed by atoms with E-state index in [1.54, 1.807) is 36.5 Å². The first-order valence-electron chi connectivity index (χ1n) is 8.82. The molecule has 1 amide bonds. The summed E-state index contributed by atoms with van der Waals surface area (Å²) in [6, 6.07) is 8.30. The Labute approximate surface area is 160 Å². The Bertz CT molecular complexity index is 1060. The Morgan fingerprint density at radius 1 is 1.26 bits per heavy atom. The summed E-state index contributed by atoms with van der Waals surface area (Å²) in [5, 5.41) is 3.81. The van der Waals surface area contributed by atoms with Crippen molar-refractivity contribution >= 4 is 34.1 Å². The van der Waals surface area contributed by atoms with Crippen molar-refractivity contribution in [2.75, 3.05) is 39.4 Å². The summed E-state index contributed by atoms with van der Waals surface area (Å²) < 4.78 is 6.70. The molecule has 1 aliphatic rings. The van der Waals surface area contributed by atoms with Crippen molar-refractivity contribution in [2.45, 2.75) is 0 Å². The van der Waals surface area contributed by atoms with Crippen LogP contribution in [-0.2, 0) is 4.74 Å². The SMILES string of the molecule is O=C(NCCN1CCOCC1)c1cccn2c(=O)c3cc(Cl)ccc3nc12. The Kier molecular flexibility index (Phi) is 5.07. The zero-order valence-electron chi connectivity index (χ0n) is 14.7. The fourth-order valence-electron chi connectivity index (χ4n) is 3.22. The van der Waals surface area contributed by atoms with Crippen LogP contribution in [0.3, 0.4) is 0 Å². The summed E-state index contributed by atoms with van der Waals surface area (Å²) in [4.78, 5) is 32.2. The smallest absolute Gasteiger partial charge is 0.265 e. The number of fused-ring (bicyclic) bond motifs is 2. The monoisotopic (exact) mass is 386 g/mol. The highest BCUT2D eigenvalue weighted by Crippen LogP contribution is 2.17. The molecule has 4 rings (SSSR count). The largest absolute Gasteiger partial charge is 0.379 e. The Morgan fingerprint density at radius 3 is 2.89 bits per heavy atom. The van der Waals surface area contributed by atoms with Gasteiger partial charge in [-0.1, -0.05) is 11.6 Å². The predicted molar refractivity (Wildman–Crippen MR) is 104 cm³/mol. The summed E-state index contributed by atoms with van der Waals surface area (Å²) in [5.41, 5.74) is 0.966. The molecule has 1 saturated heterocycles. The molecular weight excluding hydrogens is 368 g/mol. The van der Waals surface area contributed by atoms with E-state index in [0.29, 0.717) is 33.7 Å². The number of amides is 1. The lowest BCUT2D eigenvalue weighted by atomic mass is 10.2. The number of nitrogens with zero attached hydrogens (tertiary/aromatic N) is 3. The molecule has 0 bridgehead atoms. The number of aromatic nitrogens is 2. The van der Waals surface area contributed by atoms with Gasteiger partial charge in [-0.2, -0.15) is 0 Å². The minimum atomic E-state index is -0.250. The molecule has 0 unspecified atom stereocenters. The van der Waals surface area contributed by atoms with E-state index in [4.69, 9.17) is 16.3 Å². The molecule has 0 spiro atoms. The maximum Gasteiger partial charge on any atom is 0.265 e. The van der Waals surface area contributed by atoms with Gasteiger partial charge in [0.15, 0.2) is 5.65 Å². The highest BCUT2D eigenvalue weighted by molar-refractivity contribution is 6.31. The van der Waals surface area contributed by atoms with Crippen molar-refractivity contribution in [2.24, 2.45) is 0 Å². The molecule has 8 heteroatoms. The highest BCUT2D eigenvalue weighted by atomic mass is 35.5. The number of benzene rings is 1. The zero-order chi connectivity index (χ0) is 18.8. The molecule has 0 saturated carbocycles. The van der Waals surface area contributed by atoms with E-state index in [9.17, 15) is 9.59 Å². The van der Waals surface area contributed by atoms with Crippen LogP contribution in [0, 0.1) is 0 Å². The highest BCUT2D eigenvalue weighted by Gasteiger charge is 2.15. The number of nitrogens with one attached hydrogen (secondary N) is 1. The molecule has 140 valence electrons. The fourth-order valence-corrected chi connectivity index (χ4v) is 3.40. The third kappa shape index (κ3) is 3.66. The molecule has 27 heavy (non-hydrogen) atoms. The van der Waals surface area contributed by atoms with Crippen LogP contribution in [0.25, 0.3) is 16.6 Å². The van der Waals surface area contributed by atoms with Gasteiger partial charge in [0.1, 0.15) is 0 Å². The Balaban J connectivity index is 1.61. The van der Waals surface area contributed by atoms with E-state index in [-0.39, 0.29) is 11.5 Å². The predicted octanol–water partition coefficient (Wildman–Crippen LogP) is 1.56. The standard InChI is InChI=1S/C19H19ClN4O3/c20-13-3-4-16-15(12-13)19(26)24-6-1-2-14(17(24)22-16)18(25)21-5-7-23-8-10-27-11-9-23/h1-4,6,12H,5,7-11H2,(H,21,25). The first kappa shape index (κ1) is 17.9. The third-order valence-electron chi connectivity index (χ3n) is 4.66. The molecule has 2 aromatic heterocycles. The molecule has 7 nitrogen and oxygen atoms in total. The number of hydrogen-bond donors (Lipinski definition) is 1. The lowest BCUT2D eigenvalue weighted by Crippen LogP contribution is -2.41. The van der Waals surface area contributed by atoms with Crippen LogP contribution in [0.1, 0.15) is 10.4 Å². The normalized spacial score (nSPS) is 15.3. The van der Waals surface area contributed by atoms with Crippen molar-refractivity contribution in [3.8, 4) is 0 Å². The van der Waals surface area contributed by atoms with Gasteiger partial charge < -0.3 is 10.1 Å². The minimum Gasteiger partial charge on any atom is -0.379 e.